The van der Waals surface area contributed by atoms with Crippen molar-refractivity contribution in [3.05, 3.63) is 56.2 Å². The summed E-state index contributed by atoms with van der Waals surface area (Å²) in [4.78, 5) is 1.19. The van der Waals surface area contributed by atoms with Crippen molar-refractivity contribution in [3.8, 4) is 0 Å². The van der Waals surface area contributed by atoms with E-state index in [0.717, 1.165) is 21.5 Å². The molecular formula is C13H13Cl2NS. The molecule has 1 aromatic carbocycles. The van der Waals surface area contributed by atoms with Gasteiger partial charge < -0.3 is 5.32 Å². The number of hydrogen-bond acceptors (Lipinski definition) is 2. The van der Waals surface area contributed by atoms with E-state index in [1.54, 1.807) is 11.3 Å². The summed E-state index contributed by atoms with van der Waals surface area (Å²) in [5, 5.41) is 4.22. The van der Waals surface area contributed by atoms with Crippen LogP contribution in [-0.4, -0.2) is 6.54 Å². The van der Waals surface area contributed by atoms with Crippen LogP contribution in [0.25, 0.3) is 0 Å². The van der Waals surface area contributed by atoms with Gasteiger partial charge in [0.15, 0.2) is 0 Å². The monoisotopic (exact) mass is 285 g/mol. The van der Waals surface area contributed by atoms with Crippen LogP contribution in [-0.2, 0) is 0 Å². The molecule has 0 aliphatic rings. The average Bonchev–Trinajstić information content (AvgIpc) is 2.74. The number of hydrogen-bond donors (Lipinski definition) is 1. The number of rotatable bonds is 4. The van der Waals surface area contributed by atoms with Crippen LogP contribution in [0.1, 0.15) is 23.4 Å². The van der Waals surface area contributed by atoms with Gasteiger partial charge in [-0.2, -0.15) is 0 Å². The molecule has 0 saturated heterocycles. The Morgan fingerprint density at radius 2 is 1.94 bits per heavy atom. The topological polar surface area (TPSA) is 12.0 Å². The maximum absolute atomic E-state index is 6.24. The van der Waals surface area contributed by atoms with Gasteiger partial charge in [-0.1, -0.05) is 48.3 Å². The van der Waals surface area contributed by atoms with Crippen LogP contribution in [0.5, 0.6) is 0 Å². The Labute approximate surface area is 115 Å². The Balaban J connectivity index is 2.39. The largest absolute Gasteiger partial charge is 0.306 e. The molecule has 0 spiro atoms. The maximum atomic E-state index is 6.24. The number of halogens is 2. The first-order chi connectivity index (χ1) is 8.22. The molecule has 90 valence electrons. The summed E-state index contributed by atoms with van der Waals surface area (Å²) in [5.74, 6) is 0. The summed E-state index contributed by atoms with van der Waals surface area (Å²) in [6.07, 6.45) is 0. The smallest absolute Gasteiger partial charge is 0.0931 e. The van der Waals surface area contributed by atoms with Crippen molar-refractivity contribution in [3.63, 3.8) is 0 Å². The SMILES string of the molecule is CCNC(c1ccc(Cl)s1)c1ccccc1Cl. The number of thiophene rings is 1. The predicted octanol–water partition coefficient (Wildman–Crippen LogP) is 4.75. The third-order valence-electron chi connectivity index (χ3n) is 2.50. The third-order valence-corrected chi connectivity index (χ3v) is 4.14. The zero-order chi connectivity index (χ0) is 12.3. The maximum Gasteiger partial charge on any atom is 0.0931 e. The highest BCUT2D eigenvalue weighted by Crippen LogP contribution is 2.33. The van der Waals surface area contributed by atoms with E-state index in [2.05, 4.69) is 12.2 Å². The van der Waals surface area contributed by atoms with E-state index in [0.29, 0.717) is 0 Å². The molecule has 1 N–H and O–H groups in total. The third kappa shape index (κ3) is 3.02. The fourth-order valence-corrected chi connectivity index (χ4v) is 3.16. The summed E-state index contributed by atoms with van der Waals surface area (Å²) in [6.45, 7) is 2.96. The van der Waals surface area contributed by atoms with Crippen LogP contribution in [0.2, 0.25) is 9.36 Å². The summed E-state index contributed by atoms with van der Waals surface area (Å²) in [6, 6.07) is 12.0. The summed E-state index contributed by atoms with van der Waals surface area (Å²) in [5.41, 5.74) is 1.09. The van der Waals surface area contributed by atoms with Crippen molar-refractivity contribution >= 4 is 34.5 Å². The van der Waals surface area contributed by atoms with E-state index < -0.39 is 0 Å². The van der Waals surface area contributed by atoms with Gasteiger partial charge in [0.25, 0.3) is 0 Å². The normalized spacial score (nSPS) is 12.6. The lowest BCUT2D eigenvalue weighted by atomic mass is 10.1. The van der Waals surface area contributed by atoms with Gasteiger partial charge in [0.1, 0.15) is 0 Å². The molecule has 0 bridgehead atoms. The molecule has 0 fully saturated rings. The van der Waals surface area contributed by atoms with Gasteiger partial charge in [-0.3, -0.25) is 0 Å². The second-order valence-corrected chi connectivity index (χ2v) is 5.81. The average molecular weight is 286 g/mol. The fourth-order valence-electron chi connectivity index (χ4n) is 1.76. The van der Waals surface area contributed by atoms with E-state index in [-0.39, 0.29) is 6.04 Å². The zero-order valence-corrected chi connectivity index (χ0v) is 11.7. The lowest BCUT2D eigenvalue weighted by molar-refractivity contribution is 0.640. The molecule has 2 rings (SSSR count). The minimum absolute atomic E-state index is 0.117. The van der Waals surface area contributed by atoms with Gasteiger partial charge in [0, 0.05) is 9.90 Å². The lowest BCUT2D eigenvalue weighted by Gasteiger charge is -2.18. The summed E-state index contributed by atoms with van der Waals surface area (Å²) < 4.78 is 0.801. The molecule has 1 aromatic heterocycles. The van der Waals surface area contributed by atoms with Gasteiger partial charge in [0.2, 0.25) is 0 Å². The van der Waals surface area contributed by atoms with E-state index in [1.165, 1.54) is 4.88 Å². The first-order valence-electron chi connectivity index (χ1n) is 5.45. The van der Waals surface area contributed by atoms with Gasteiger partial charge in [0.05, 0.1) is 10.4 Å². The first-order valence-corrected chi connectivity index (χ1v) is 7.02. The molecule has 0 radical (unpaired) electrons. The highest BCUT2D eigenvalue weighted by Gasteiger charge is 2.17. The predicted molar refractivity (Wildman–Crippen MR) is 76.3 cm³/mol. The Hall–Kier alpha value is -0.540. The van der Waals surface area contributed by atoms with Gasteiger partial charge >= 0.3 is 0 Å². The van der Waals surface area contributed by atoms with E-state index >= 15 is 0 Å². The van der Waals surface area contributed by atoms with Gasteiger partial charge in [-0.25, -0.2) is 0 Å². The van der Waals surface area contributed by atoms with Crippen LogP contribution < -0.4 is 5.32 Å². The Kier molecular flexibility index (Phi) is 4.46. The van der Waals surface area contributed by atoms with Crippen molar-refractivity contribution in [2.75, 3.05) is 6.54 Å². The van der Waals surface area contributed by atoms with E-state index in [9.17, 15) is 0 Å². The van der Waals surface area contributed by atoms with Crippen molar-refractivity contribution in [2.45, 2.75) is 13.0 Å². The first kappa shape index (κ1) is 12.9. The Morgan fingerprint density at radius 1 is 1.18 bits per heavy atom. The molecule has 2 aromatic rings. The Bertz CT molecular complexity index is 496. The zero-order valence-electron chi connectivity index (χ0n) is 9.41. The molecule has 17 heavy (non-hydrogen) atoms. The Morgan fingerprint density at radius 3 is 2.53 bits per heavy atom. The van der Waals surface area contributed by atoms with Gasteiger partial charge in [-0.15, -0.1) is 11.3 Å². The van der Waals surface area contributed by atoms with Crippen LogP contribution in [0.4, 0.5) is 0 Å². The fraction of sp³-hybridized carbons (Fsp3) is 0.231. The summed E-state index contributed by atoms with van der Waals surface area (Å²) in [7, 11) is 0. The van der Waals surface area contributed by atoms with Gasteiger partial charge in [-0.05, 0) is 30.3 Å². The molecule has 0 aliphatic heterocycles. The molecule has 0 aliphatic carbocycles. The molecule has 4 heteroatoms. The minimum atomic E-state index is 0.117. The van der Waals surface area contributed by atoms with E-state index in [4.69, 9.17) is 23.2 Å². The van der Waals surface area contributed by atoms with Crippen LogP contribution >= 0.6 is 34.5 Å². The van der Waals surface area contributed by atoms with Crippen molar-refractivity contribution in [1.82, 2.24) is 5.32 Å². The molecule has 0 saturated carbocycles. The van der Waals surface area contributed by atoms with Crippen molar-refractivity contribution in [2.24, 2.45) is 0 Å². The highest BCUT2D eigenvalue weighted by atomic mass is 35.5. The molecule has 1 atom stereocenters. The number of benzene rings is 1. The lowest BCUT2D eigenvalue weighted by Crippen LogP contribution is -2.21. The molecular weight excluding hydrogens is 273 g/mol. The molecule has 1 heterocycles. The van der Waals surface area contributed by atoms with Crippen LogP contribution in [0, 0.1) is 0 Å². The van der Waals surface area contributed by atoms with Crippen LogP contribution in [0.3, 0.4) is 0 Å². The standard InChI is InChI=1S/C13H13Cl2NS/c1-2-16-13(11-7-8-12(15)17-11)9-5-3-4-6-10(9)14/h3-8,13,16H,2H2,1H3. The minimum Gasteiger partial charge on any atom is -0.306 e. The van der Waals surface area contributed by atoms with Crippen LogP contribution in [0.15, 0.2) is 36.4 Å². The molecule has 1 unspecified atom stereocenters. The number of nitrogens with one attached hydrogen (secondary N) is 1. The van der Waals surface area contributed by atoms with Crippen molar-refractivity contribution < 1.29 is 0 Å². The quantitative estimate of drug-likeness (QED) is 0.855. The van der Waals surface area contributed by atoms with E-state index in [1.807, 2.05) is 36.4 Å². The second kappa shape index (κ2) is 5.87. The highest BCUT2D eigenvalue weighted by molar-refractivity contribution is 7.16. The van der Waals surface area contributed by atoms with Crippen molar-refractivity contribution in [1.29, 1.82) is 0 Å². The summed E-state index contributed by atoms with van der Waals surface area (Å²) >= 11 is 13.8. The molecule has 1 nitrogen and oxygen atoms in total. The second-order valence-electron chi connectivity index (χ2n) is 3.65. The molecule has 0 amide bonds.